The highest BCUT2D eigenvalue weighted by Crippen LogP contribution is 2.21. The van der Waals surface area contributed by atoms with Crippen LogP contribution in [0.5, 0.6) is 0 Å². The highest BCUT2D eigenvalue weighted by atomic mass is 32.2. The Morgan fingerprint density at radius 3 is 3.00 bits per heavy atom. The van der Waals surface area contributed by atoms with Gasteiger partial charge in [0.15, 0.2) is 5.76 Å². The number of aromatic amines is 1. The zero-order valence-electron chi connectivity index (χ0n) is 10.2. The summed E-state index contributed by atoms with van der Waals surface area (Å²) in [5.41, 5.74) is 0.726. The Morgan fingerprint density at radius 1 is 1.42 bits per heavy atom. The van der Waals surface area contributed by atoms with E-state index in [0.29, 0.717) is 10.9 Å². The molecule has 0 saturated carbocycles. The largest absolute Gasteiger partial charge is 0.453 e. The van der Waals surface area contributed by atoms with Crippen molar-refractivity contribution in [1.82, 2.24) is 15.2 Å². The zero-order valence-corrected chi connectivity index (χ0v) is 11.0. The molecule has 96 valence electrons. The second kappa shape index (κ2) is 4.89. The molecule has 1 N–H and O–H groups in total. The fraction of sp³-hybridized carbons (Fsp3) is 0.154. The Balaban J connectivity index is 1.73. The van der Waals surface area contributed by atoms with E-state index in [9.17, 15) is 4.79 Å². The van der Waals surface area contributed by atoms with Crippen LogP contribution in [0.2, 0.25) is 0 Å². The average Bonchev–Trinajstić information content (AvgIpc) is 3.01. The SMILES string of the molecule is Cc1nc(SCC(=O)c2cc3ccccc3o2)n[nH]1. The maximum atomic E-state index is 12.0. The molecule has 6 heteroatoms. The number of carbonyl (C=O) groups excluding carboxylic acids is 1. The second-order valence-corrected chi connectivity index (χ2v) is 5.01. The average molecular weight is 273 g/mol. The molecular formula is C13H11N3O2S. The smallest absolute Gasteiger partial charge is 0.208 e. The van der Waals surface area contributed by atoms with Crippen molar-refractivity contribution in [3.8, 4) is 0 Å². The maximum absolute atomic E-state index is 12.0. The predicted molar refractivity (Wildman–Crippen MR) is 72.4 cm³/mol. The Bertz CT molecular complexity index is 699. The number of hydrogen-bond donors (Lipinski definition) is 1. The molecule has 0 aliphatic carbocycles. The van der Waals surface area contributed by atoms with Gasteiger partial charge in [0.2, 0.25) is 10.9 Å². The van der Waals surface area contributed by atoms with Crippen LogP contribution in [-0.2, 0) is 0 Å². The van der Waals surface area contributed by atoms with E-state index in [0.717, 1.165) is 16.8 Å². The Labute approximate surface area is 113 Å². The van der Waals surface area contributed by atoms with Crippen LogP contribution in [0.25, 0.3) is 11.0 Å². The van der Waals surface area contributed by atoms with Gasteiger partial charge in [-0.25, -0.2) is 4.98 Å². The highest BCUT2D eigenvalue weighted by molar-refractivity contribution is 7.99. The summed E-state index contributed by atoms with van der Waals surface area (Å²) in [6.07, 6.45) is 0. The lowest BCUT2D eigenvalue weighted by Gasteiger charge is -1.93. The summed E-state index contributed by atoms with van der Waals surface area (Å²) < 4.78 is 5.51. The number of hydrogen-bond acceptors (Lipinski definition) is 5. The molecule has 0 saturated heterocycles. The molecule has 0 bridgehead atoms. The van der Waals surface area contributed by atoms with Crippen LogP contribution in [0.1, 0.15) is 16.4 Å². The van der Waals surface area contributed by atoms with Crippen LogP contribution in [0, 0.1) is 6.92 Å². The molecule has 3 aromatic rings. The zero-order chi connectivity index (χ0) is 13.2. The number of aromatic nitrogens is 3. The fourth-order valence-electron chi connectivity index (χ4n) is 1.71. The molecule has 19 heavy (non-hydrogen) atoms. The van der Waals surface area contributed by atoms with Crippen LogP contribution in [-0.4, -0.2) is 26.7 Å². The van der Waals surface area contributed by atoms with Crippen molar-refractivity contribution < 1.29 is 9.21 Å². The Kier molecular flexibility index (Phi) is 3.08. The lowest BCUT2D eigenvalue weighted by atomic mass is 10.2. The van der Waals surface area contributed by atoms with Crippen LogP contribution in [0.15, 0.2) is 39.9 Å². The molecule has 0 aliphatic heterocycles. The molecule has 5 nitrogen and oxygen atoms in total. The summed E-state index contributed by atoms with van der Waals surface area (Å²) in [7, 11) is 0. The number of para-hydroxylation sites is 1. The van der Waals surface area contributed by atoms with E-state index in [4.69, 9.17) is 4.42 Å². The minimum absolute atomic E-state index is 0.0661. The molecule has 0 spiro atoms. The van der Waals surface area contributed by atoms with Gasteiger partial charge in [-0.05, 0) is 19.1 Å². The summed E-state index contributed by atoms with van der Waals surface area (Å²) in [4.78, 5) is 16.1. The number of rotatable bonds is 4. The molecule has 3 rings (SSSR count). The van der Waals surface area contributed by atoms with Gasteiger partial charge >= 0.3 is 0 Å². The topological polar surface area (TPSA) is 71.8 Å². The summed E-state index contributed by atoms with van der Waals surface area (Å²) in [6.45, 7) is 1.82. The maximum Gasteiger partial charge on any atom is 0.208 e. The molecule has 0 radical (unpaired) electrons. The highest BCUT2D eigenvalue weighted by Gasteiger charge is 2.13. The number of thioether (sulfide) groups is 1. The number of benzene rings is 1. The first-order chi connectivity index (χ1) is 9.22. The standard InChI is InChI=1S/C13H11N3O2S/c1-8-14-13(16-15-8)19-7-10(17)12-6-9-4-2-3-5-11(9)18-12/h2-6H,7H2,1H3,(H,14,15,16). The van der Waals surface area contributed by atoms with Crippen LogP contribution in [0.4, 0.5) is 0 Å². The predicted octanol–water partition coefficient (Wildman–Crippen LogP) is 2.83. The molecular weight excluding hydrogens is 262 g/mol. The van der Waals surface area contributed by atoms with Crippen molar-refractivity contribution in [3.63, 3.8) is 0 Å². The lowest BCUT2D eigenvalue weighted by Crippen LogP contribution is -2.00. The molecule has 0 unspecified atom stereocenters. The summed E-state index contributed by atoms with van der Waals surface area (Å²) in [5.74, 6) is 1.31. The number of carbonyl (C=O) groups is 1. The number of Topliss-reactive ketones (excluding diaryl/α,β-unsaturated/α-hetero) is 1. The van der Waals surface area contributed by atoms with Crippen molar-refractivity contribution in [2.24, 2.45) is 0 Å². The van der Waals surface area contributed by atoms with Gasteiger partial charge in [0.05, 0.1) is 5.75 Å². The first-order valence-electron chi connectivity index (χ1n) is 5.76. The molecule has 2 aromatic heterocycles. The third-order valence-electron chi connectivity index (χ3n) is 2.61. The molecule has 0 atom stereocenters. The lowest BCUT2D eigenvalue weighted by molar-refractivity contribution is 0.0994. The van der Waals surface area contributed by atoms with Crippen molar-refractivity contribution >= 4 is 28.5 Å². The first-order valence-corrected chi connectivity index (χ1v) is 6.74. The monoisotopic (exact) mass is 273 g/mol. The third-order valence-corrected chi connectivity index (χ3v) is 3.46. The summed E-state index contributed by atoms with van der Waals surface area (Å²) in [6, 6.07) is 9.32. The molecule has 2 heterocycles. The van der Waals surface area contributed by atoms with E-state index in [1.165, 1.54) is 11.8 Å². The summed E-state index contributed by atoms with van der Waals surface area (Å²) >= 11 is 1.29. The van der Waals surface area contributed by atoms with Crippen LogP contribution >= 0.6 is 11.8 Å². The summed E-state index contributed by atoms with van der Waals surface area (Å²) in [5, 5.41) is 8.21. The number of fused-ring (bicyclic) bond motifs is 1. The number of nitrogens with zero attached hydrogens (tertiary/aromatic N) is 2. The van der Waals surface area contributed by atoms with Gasteiger partial charge in [-0.15, -0.1) is 5.10 Å². The van der Waals surface area contributed by atoms with E-state index in [1.54, 1.807) is 6.07 Å². The Morgan fingerprint density at radius 2 is 2.26 bits per heavy atom. The van der Waals surface area contributed by atoms with Gasteiger partial charge in [0.25, 0.3) is 0 Å². The van der Waals surface area contributed by atoms with Gasteiger partial charge in [-0.1, -0.05) is 30.0 Å². The van der Waals surface area contributed by atoms with E-state index in [-0.39, 0.29) is 11.5 Å². The number of ketones is 1. The van der Waals surface area contributed by atoms with Gasteiger partial charge in [0.1, 0.15) is 11.4 Å². The van der Waals surface area contributed by atoms with Crippen molar-refractivity contribution in [2.45, 2.75) is 12.1 Å². The van der Waals surface area contributed by atoms with Crippen LogP contribution < -0.4 is 0 Å². The van der Waals surface area contributed by atoms with E-state index in [1.807, 2.05) is 31.2 Å². The van der Waals surface area contributed by atoms with E-state index < -0.39 is 0 Å². The normalized spacial score (nSPS) is 11.0. The number of nitrogens with one attached hydrogen (secondary N) is 1. The molecule has 0 amide bonds. The van der Waals surface area contributed by atoms with Crippen molar-refractivity contribution in [3.05, 3.63) is 41.9 Å². The Hall–Kier alpha value is -2.08. The first kappa shape index (κ1) is 12.0. The van der Waals surface area contributed by atoms with Crippen molar-refractivity contribution in [2.75, 3.05) is 5.75 Å². The minimum Gasteiger partial charge on any atom is -0.453 e. The number of aryl methyl sites for hydroxylation is 1. The van der Waals surface area contributed by atoms with Crippen LogP contribution in [0.3, 0.4) is 0 Å². The van der Waals surface area contributed by atoms with Gasteiger partial charge in [0, 0.05) is 5.39 Å². The van der Waals surface area contributed by atoms with E-state index in [2.05, 4.69) is 15.2 Å². The molecule has 0 aliphatic rings. The minimum atomic E-state index is -0.0661. The molecule has 0 fully saturated rings. The third kappa shape index (κ3) is 2.53. The van der Waals surface area contributed by atoms with Gasteiger partial charge in [-0.2, -0.15) is 0 Å². The van der Waals surface area contributed by atoms with Crippen molar-refractivity contribution in [1.29, 1.82) is 0 Å². The fourth-order valence-corrected chi connectivity index (χ4v) is 2.42. The second-order valence-electron chi connectivity index (χ2n) is 4.06. The van der Waals surface area contributed by atoms with Gasteiger partial charge < -0.3 is 4.42 Å². The van der Waals surface area contributed by atoms with E-state index >= 15 is 0 Å². The molecule has 1 aromatic carbocycles. The number of H-pyrrole nitrogens is 1. The quantitative estimate of drug-likeness (QED) is 0.584. The number of furan rings is 1. The van der Waals surface area contributed by atoms with Gasteiger partial charge in [-0.3, -0.25) is 9.89 Å².